The van der Waals surface area contributed by atoms with Crippen LogP contribution in [0.5, 0.6) is 0 Å². The van der Waals surface area contributed by atoms with E-state index in [1.165, 1.54) is 5.41 Å². The summed E-state index contributed by atoms with van der Waals surface area (Å²) in [6.45, 7) is 3.18. The van der Waals surface area contributed by atoms with E-state index in [0.29, 0.717) is 0 Å². The molecule has 0 heterocycles. The summed E-state index contributed by atoms with van der Waals surface area (Å²) in [5, 5.41) is 1.33. The molecule has 0 aromatic rings. The van der Waals surface area contributed by atoms with Gasteiger partial charge in [0.05, 0.1) is 0 Å². The van der Waals surface area contributed by atoms with Crippen LogP contribution in [0.4, 0.5) is 0 Å². The Hall–Kier alpha value is 0.557. The second-order valence-electron chi connectivity index (χ2n) is 0.167. The molecule has 0 unspecified atom stereocenters. The quantitative estimate of drug-likeness (QED) is 0.226. The normalized spacial score (nSPS) is 3.00. The van der Waals surface area contributed by atoms with Gasteiger partial charge in [-0.15, -0.1) is 6.58 Å². The Bertz CT molecular complexity index is 13.5. The van der Waals surface area contributed by atoms with Gasteiger partial charge in [-0.1, -0.05) is 0 Å². The summed E-state index contributed by atoms with van der Waals surface area (Å²) in [6.07, 6.45) is 0. The van der Waals surface area contributed by atoms with Crippen molar-refractivity contribution in [3.63, 3.8) is 0 Å². The molecule has 0 aliphatic heterocycles. The standard InChI is InChI=1S/C2H4S.Li/c1-2-3;/h2-3H,1H2;/q;+1/p-1. The molecule has 0 amide bonds. The molecule has 0 radical (unpaired) electrons. The predicted molar refractivity (Wildman–Crippen MR) is 17.6 cm³/mol. The molecule has 0 saturated heterocycles. The van der Waals surface area contributed by atoms with E-state index in [0.717, 1.165) is 0 Å². The Labute approximate surface area is 43.9 Å². The third kappa shape index (κ3) is 20.0. The second kappa shape index (κ2) is 9.59. The molecule has 0 atom stereocenters. The van der Waals surface area contributed by atoms with Crippen molar-refractivity contribution in [1.82, 2.24) is 0 Å². The van der Waals surface area contributed by atoms with Crippen LogP contribution in [-0.4, -0.2) is 0 Å². The first-order valence-corrected chi connectivity index (χ1v) is 1.12. The minimum atomic E-state index is 0. The van der Waals surface area contributed by atoms with Crippen molar-refractivity contribution in [2.75, 3.05) is 0 Å². The summed E-state index contributed by atoms with van der Waals surface area (Å²) < 4.78 is 0. The van der Waals surface area contributed by atoms with Crippen molar-refractivity contribution in [2.45, 2.75) is 0 Å². The minimum absolute atomic E-state index is 0. The number of hydrogen-bond acceptors (Lipinski definition) is 1. The molecule has 0 aromatic carbocycles. The zero-order valence-electron chi connectivity index (χ0n) is 2.69. The Morgan fingerprint density at radius 2 is 1.75 bits per heavy atom. The first-order chi connectivity index (χ1) is 1.41. The largest absolute Gasteiger partial charge is 1.00 e. The van der Waals surface area contributed by atoms with E-state index in [1.54, 1.807) is 0 Å². The van der Waals surface area contributed by atoms with Gasteiger partial charge in [-0.05, 0) is 0 Å². The van der Waals surface area contributed by atoms with Crippen LogP contribution in [0, 0.1) is 0 Å². The van der Waals surface area contributed by atoms with Gasteiger partial charge in [-0.25, -0.2) is 5.41 Å². The van der Waals surface area contributed by atoms with Gasteiger partial charge in [0.1, 0.15) is 0 Å². The van der Waals surface area contributed by atoms with Gasteiger partial charge in [0.2, 0.25) is 0 Å². The maximum absolute atomic E-state index is 4.16. The van der Waals surface area contributed by atoms with Crippen molar-refractivity contribution in [2.24, 2.45) is 0 Å². The van der Waals surface area contributed by atoms with Crippen LogP contribution in [0.1, 0.15) is 0 Å². The molecular weight excluding hydrogens is 63.0 g/mol. The van der Waals surface area contributed by atoms with Crippen molar-refractivity contribution in [1.29, 1.82) is 0 Å². The van der Waals surface area contributed by atoms with Gasteiger partial charge < -0.3 is 12.6 Å². The summed E-state index contributed by atoms with van der Waals surface area (Å²) in [4.78, 5) is 0. The summed E-state index contributed by atoms with van der Waals surface area (Å²) in [6, 6.07) is 0. The fourth-order valence-electron chi connectivity index (χ4n) is 0. The molecule has 0 aromatic heterocycles. The Balaban J connectivity index is 0. The Morgan fingerprint density at radius 1 is 1.75 bits per heavy atom. The molecule has 2 heteroatoms. The van der Waals surface area contributed by atoms with E-state index >= 15 is 0 Å². The van der Waals surface area contributed by atoms with E-state index < -0.39 is 0 Å². The van der Waals surface area contributed by atoms with Gasteiger partial charge in [-0.3, -0.25) is 0 Å². The zero-order chi connectivity index (χ0) is 2.71. The summed E-state index contributed by atoms with van der Waals surface area (Å²) in [5.41, 5.74) is 0. The molecule has 0 nitrogen and oxygen atoms in total. The van der Waals surface area contributed by atoms with Crippen molar-refractivity contribution < 1.29 is 18.9 Å². The number of hydrogen-bond donors (Lipinski definition) is 0. The van der Waals surface area contributed by atoms with Gasteiger partial charge >= 0.3 is 18.9 Å². The molecule has 0 N–H and O–H groups in total. The molecule has 0 saturated carbocycles. The topological polar surface area (TPSA) is 0 Å². The molecule has 0 aliphatic rings. The van der Waals surface area contributed by atoms with Crippen molar-refractivity contribution in [3.05, 3.63) is 12.0 Å². The van der Waals surface area contributed by atoms with E-state index in [1.807, 2.05) is 0 Å². The number of rotatable bonds is 0. The third-order valence-corrected chi connectivity index (χ3v) is 0. The average Bonchev–Trinajstić information content (AvgIpc) is 0.918. The molecule has 0 bridgehead atoms. The molecular formula is C2H3LiS. The average molecular weight is 66.1 g/mol. The van der Waals surface area contributed by atoms with Gasteiger partial charge in [0.15, 0.2) is 0 Å². The fourth-order valence-corrected chi connectivity index (χ4v) is 0. The third-order valence-electron chi connectivity index (χ3n) is 0. The van der Waals surface area contributed by atoms with Crippen LogP contribution >= 0.6 is 0 Å². The van der Waals surface area contributed by atoms with Crippen LogP contribution in [0.2, 0.25) is 0 Å². The molecule has 0 spiro atoms. The van der Waals surface area contributed by atoms with Crippen LogP contribution in [-0.2, 0) is 12.6 Å². The maximum Gasteiger partial charge on any atom is 1.00 e. The van der Waals surface area contributed by atoms with E-state index in [4.69, 9.17) is 0 Å². The monoisotopic (exact) mass is 66.0 g/mol. The molecule has 18 valence electrons. The Kier molecular flexibility index (Phi) is 21.1. The smallest absolute Gasteiger partial charge is 0.788 e. The summed E-state index contributed by atoms with van der Waals surface area (Å²) in [7, 11) is 0. The fraction of sp³-hybridized carbons (Fsp3) is 0. The van der Waals surface area contributed by atoms with E-state index in [9.17, 15) is 0 Å². The van der Waals surface area contributed by atoms with Gasteiger partial charge in [-0.2, -0.15) is 0 Å². The van der Waals surface area contributed by atoms with Gasteiger partial charge in [0, 0.05) is 0 Å². The minimum Gasteiger partial charge on any atom is -0.788 e. The van der Waals surface area contributed by atoms with Crippen LogP contribution in [0.25, 0.3) is 0 Å². The Morgan fingerprint density at radius 3 is 1.75 bits per heavy atom. The first kappa shape index (κ1) is 8.82. The summed E-state index contributed by atoms with van der Waals surface area (Å²) >= 11 is 4.16. The van der Waals surface area contributed by atoms with Crippen molar-refractivity contribution in [3.8, 4) is 0 Å². The van der Waals surface area contributed by atoms with E-state index in [2.05, 4.69) is 19.2 Å². The molecule has 0 aliphatic carbocycles. The van der Waals surface area contributed by atoms with Crippen LogP contribution in [0.3, 0.4) is 0 Å². The first-order valence-electron chi connectivity index (χ1n) is 0.644. The molecule has 4 heavy (non-hydrogen) atoms. The van der Waals surface area contributed by atoms with Crippen LogP contribution in [0.15, 0.2) is 12.0 Å². The van der Waals surface area contributed by atoms with Crippen LogP contribution < -0.4 is 18.9 Å². The van der Waals surface area contributed by atoms with Crippen molar-refractivity contribution >= 4 is 12.6 Å². The molecule has 0 rings (SSSR count). The zero-order valence-corrected chi connectivity index (χ0v) is 3.51. The van der Waals surface area contributed by atoms with E-state index in [-0.39, 0.29) is 18.9 Å². The summed E-state index contributed by atoms with van der Waals surface area (Å²) in [5.74, 6) is 0. The van der Waals surface area contributed by atoms with Gasteiger partial charge in [0.25, 0.3) is 0 Å². The molecule has 0 fully saturated rings. The maximum atomic E-state index is 4.16. The SMILES string of the molecule is C=C[S-].[Li+]. The second-order valence-corrected chi connectivity index (χ2v) is 0.500. The predicted octanol–water partition coefficient (Wildman–Crippen LogP) is -2.32.